The molecule has 0 N–H and O–H groups in total. The molecule has 0 unspecified atom stereocenters. The second kappa shape index (κ2) is 14.4. The van der Waals surface area contributed by atoms with Gasteiger partial charge in [-0.05, 0) is 109 Å². The van der Waals surface area contributed by atoms with Gasteiger partial charge in [0, 0.05) is 26.4 Å². The first-order valence-corrected chi connectivity index (χ1v) is 21.8. The van der Waals surface area contributed by atoms with Crippen LogP contribution in [0.2, 0.25) is 0 Å². The van der Waals surface area contributed by atoms with Crippen LogP contribution in [0.3, 0.4) is 0 Å². The van der Waals surface area contributed by atoms with Gasteiger partial charge in [-0.2, -0.15) is 0 Å². The van der Waals surface area contributed by atoms with Gasteiger partial charge in [-0.15, -0.1) is 0 Å². The van der Waals surface area contributed by atoms with Gasteiger partial charge < -0.3 is 4.90 Å². The molecule has 0 fully saturated rings. The highest BCUT2D eigenvalue weighted by Gasteiger charge is 2.51. The topological polar surface area (TPSA) is 3.24 Å². The SMILES string of the molecule is c1ccc(-c2ccc(N(c3ccc(-c4ccccc4)cc3-c3ccccc3)c3cccc4c5c(ccc34)Sc3ccccc3C53c4ccccc4-c4ccccc43)cc2)cc1. The van der Waals surface area contributed by atoms with Crippen LogP contribution in [0.4, 0.5) is 17.1 Å². The van der Waals surface area contributed by atoms with E-state index in [2.05, 4.69) is 241 Å². The molecule has 0 radical (unpaired) electrons. The summed E-state index contributed by atoms with van der Waals surface area (Å²) in [7, 11) is 0. The smallest absolute Gasteiger partial charge is 0.0741 e. The van der Waals surface area contributed by atoms with Crippen LogP contribution in [0.1, 0.15) is 22.3 Å². The Bertz CT molecular complexity index is 3220. The van der Waals surface area contributed by atoms with Gasteiger partial charge in [0.25, 0.3) is 0 Å². The zero-order valence-electron chi connectivity index (χ0n) is 33.4. The van der Waals surface area contributed by atoms with Crippen LogP contribution in [0.15, 0.2) is 246 Å². The van der Waals surface area contributed by atoms with Crippen LogP contribution < -0.4 is 4.90 Å². The van der Waals surface area contributed by atoms with Crippen molar-refractivity contribution in [3.05, 3.63) is 259 Å². The number of benzene rings is 10. The summed E-state index contributed by atoms with van der Waals surface area (Å²) < 4.78 is 0. The second-order valence-corrected chi connectivity index (χ2v) is 17.0. The maximum absolute atomic E-state index is 2.49. The van der Waals surface area contributed by atoms with E-state index in [-0.39, 0.29) is 0 Å². The molecule has 0 bridgehead atoms. The minimum Gasteiger partial charge on any atom is -0.309 e. The first kappa shape index (κ1) is 35.5. The zero-order valence-corrected chi connectivity index (χ0v) is 34.2. The number of fused-ring (bicyclic) bond motifs is 11. The quantitative estimate of drug-likeness (QED) is 0.165. The summed E-state index contributed by atoms with van der Waals surface area (Å²) in [6.45, 7) is 0. The Kier molecular flexibility index (Phi) is 8.40. The molecule has 10 aromatic rings. The van der Waals surface area contributed by atoms with Crippen molar-refractivity contribution in [2.75, 3.05) is 4.90 Å². The zero-order chi connectivity index (χ0) is 40.3. The highest BCUT2D eigenvalue weighted by Crippen LogP contribution is 2.63. The van der Waals surface area contributed by atoms with E-state index in [1.807, 2.05) is 11.8 Å². The Labute approximate surface area is 361 Å². The lowest BCUT2D eigenvalue weighted by molar-refractivity contribution is 0.730. The lowest BCUT2D eigenvalue weighted by atomic mass is 9.66. The Morgan fingerprint density at radius 3 is 1.52 bits per heavy atom. The lowest BCUT2D eigenvalue weighted by Crippen LogP contribution is -2.32. The maximum atomic E-state index is 2.49. The molecule has 10 aromatic carbocycles. The third-order valence-electron chi connectivity index (χ3n) is 12.7. The van der Waals surface area contributed by atoms with Gasteiger partial charge in [0.05, 0.1) is 16.8 Å². The van der Waals surface area contributed by atoms with Crippen LogP contribution in [0, 0.1) is 0 Å². The normalized spacial score (nSPS) is 13.0. The van der Waals surface area contributed by atoms with E-state index in [0.717, 1.165) is 17.1 Å². The molecule has 1 aliphatic heterocycles. The fourth-order valence-electron chi connectivity index (χ4n) is 10.1. The molecule has 2 heteroatoms. The summed E-state index contributed by atoms with van der Waals surface area (Å²) in [5, 5.41) is 2.47. The number of anilines is 3. The van der Waals surface area contributed by atoms with Gasteiger partial charge in [0.15, 0.2) is 0 Å². The van der Waals surface area contributed by atoms with Gasteiger partial charge in [0.2, 0.25) is 0 Å². The maximum Gasteiger partial charge on any atom is 0.0741 e. The first-order valence-electron chi connectivity index (χ1n) is 21.0. The minimum atomic E-state index is -0.489. The fourth-order valence-corrected chi connectivity index (χ4v) is 11.3. The monoisotopic (exact) mass is 793 g/mol. The number of nitrogens with zero attached hydrogens (tertiary/aromatic N) is 1. The summed E-state index contributed by atoms with van der Waals surface area (Å²) >= 11 is 1.90. The van der Waals surface area contributed by atoms with Gasteiger partial charge >= 0.3 is 0 Å². The molecule has 1 aliphatic carbocycles. The Hall–Kier alpha value is -7.39. The van der Waals surface area contributed by atoms with E-state index in [1.54, 1.807) is 0 Å². The predicted octanol–water partition coefficient (Wildman–Crippen LogP) is 16.1. The lowest BCUT2D eigenvalue weighted by Gasteiger charge is -2.41. The largest absolute Gasteiger partial charge is 0.309 e. The van der Waals surface area contributed by atoms with E-state index in [9.17, 15) is 0 Å². The summed E-state index contributed by atoms with van der Waals surface area (Å²) in [4.78, 5) is 5.10. The Balaban J connectivity index is 1.15. The molecule has 1 heterocycles. The molecule has 0 saturated carbocycles. The Morgan fingerprint density at radius 2 is 0.852 bits per heavy atom. The molecule has 61 heavy (non-hydrogen) atoms. The van der Waals surface area contributed by atoms with E-state index in [0.29, 0.717) is 0 Å². The van der Waals surface area contributed by atoms with Gasteiger partial charge in [-0.25, -0.2) is 0 Å². The van der Waals surface area contributed by atoms with E-state index >= 15 is 0 Å². The van der Waals surface area contributed by atoms with Gasteiger partial charge in [-0.3, -0.25) is 0 Å². The highest BCUT2D eigenvalue weighted by atomic mass is 32.2. The predicted molar refractivity (Wildman–Crippen MR) is 256 cm³/mol. The molecule has 0 aromatic heterocycles. The van der Waals surface area contributed by atoms with Crippen LogP contribution in [-0.2, 0) is 5.41 Å². The molecule has 0 atom stereocenters. The highest BCUT2D eigenvalue weighted by molar-refractivity contribution is 7.99. The third kappa shape index (κ3) is 5.57. The van der Waals surface area contributed by atoms with E-state index < -0.39 is 5.41 Å². The fraction of sp³-hybridized carbons (Fsp3) is 0.0169. The molecule has 0 saturated heterocycles. The van der Waals surface area contributed by atoms with Crippen molar-refractivity contribution in [1.29, 1.82) is 0 Å². The average molecular weight is 794 g/mol. The summed E-state index contributed by atoms with van der Waals surface area (Å²) in [5.41, 5.74) is 18.0. The second-order valence-electron chi connectivity index (χ2n) is 16.0. The summed E-state index contributed by atoms with van der Waals surface area (Å²) in [6.07, 6.45) is 0. The van der Waals surface area contributed by atoms with Gasteiger partial charge in [-0.1, -0.05) is 206 Å². The van der Waals surface area contributed by atoms with Crippen molar-refractivity contribution < 1.29 is 0 Å². The van der Waals surface area contributed by atoms with Crippen molar-refractivity contribution in [3.8, 4) is 44.5 Å². The minimum absolute atomic E-state index is 0.489. The molecule has 1 spiro atoms. The third-order valence-corrected chi connectivity index (χ3v) is 13.9. The van der Waals surface area contributed by atoms with Crippen molar-refractivity contribution in [3.63, 3.8) is 0 Å². The number of hydrogen-bond donors (Lipinski definition) is 0. The summed E-state index contributed by atoms with van der Waals surface area (Å²) in [6, 6.07) is 87.3. The summed E-state index contributed by atoms with van der Waals surface area (Å²) in [5.74, 6) is 0. The van der Waals surface area contributed by atoms with Crippen molar-refractivity contribution >= 4 is 39.6 Å². The molecular formula is C59H39NS. The molecule has 0 amide bonds. The Morgan fingerprint density at radius 1 is 0.311 bits per heavy atom. The molecule has 2 aliphatic rings. The number of rotatable bonds is 6. The van der Waals surface area contributed by atoms with Crippen molar-refractivity contribution in [2.24, 2.45) is 0 Å². The van der Waals surface area contributed by atoms with Crippen LogP contribution in [-0.4, -0.2) is 0 Å². The van der Waals surface area contributed by atoms with E-state index in [4.69, 9.17) is 0 Å². The van der Waals surface area contributed by atoms with Gasteiger partial charge in [0.1, 0.15) is 0 Å². The van der Waals surface area contributed by atoms with Crippen molar-refractivity contribution in [2.45, 2.75) is 15.2 Å². The molecular weight excluding hydrogens is 755 g/mol. The van der Waals surface area contributed by atoms with E-state index in [1.165, 1.54) is 87.3 Å². The van der Waals surface area contributed by atoms with Crippen LogP contribution in [0.5, 0.6) is 0 Å². The molecule has 1 nitrogen and oxygen atoms in total. The van der Waals surface area contributed by atoms with Crippen LogP contribution in [0.25, 0.3) is 55.3 Å². The number of hydrogen-bond acceptors (Lipinski definition) is 2. The first-order chi connectivity index (χ1) is 30.3. The van der Waals surface area contributed by atoms with Crippen molar-refractivity contribution in [1.82, 2.24) is 0 Å². The molecule has 286 valence electrons. The average Bonchev–Trinajstić information content (AvgIpc) is 3.63. The standard InChI is InChI=1S/C59H39NS/c1-4-17-40(18-5-1)42-31-34-45(35-32-42)60(55-37-33-44(41-19-6-2-7-20-41)39-50(55)43-21-8-3-9-22-43)54-29-16-25-49-48(54)36-38-57-58(49)59(53-28-14-15-30-56(53)61-57)51-26-12-10-23-46(51)47-24-11-13-27-52(47)59/h1-39H. The van der Waals surface area contributed by atoms with Crippen LogP contribution >= 0.6 is 11.8 Å². The molecule has 12 rings (SSSR count).